The highest BCUT2D eigenvalue weighted by molar-refractivity contribution is 5.84. The fourth-order valence-corrected chi connectivity index (χ4v) is 2.23. The first-order valence-electron chi connectivity index (χ1n) is 6.38. The summed E-state index contributed by atoms with van der Waals surface area (Å²) >= 11 is 0. The molecule has 98 valence electrons. The Bertz CT molecular complexity index is 262. The van der Waals surface area contributed by atoms with E-state index in [0.29, 0.717) is 19.4 Å². The van der Waals surface area contributed by atoms with E-state index in [1.54, 1.807) is 0 Å². The van der Waals surface area contributed by atoms with Gasteiger partial charge in [0.1, 0.15) is 6.04 Å². The molecule has 0 unspecified atom stereocenters. The average molecular weight is 242 g/mol. The van der Waals surface area contributed by atoms with Crippen LogP contribution in [0.3, 0.4) is 0 Å². The second kappa shape index (κ2) is 7.27. The average Bonchev–Trinajstić information content (AvgIpc) is 2.35. The van der Waals surface area contributed by atoms with Crippen molar-refractivity contribution in [3.8, 4) is 0 Å². The smallest absolute Gasteiger partial charge is 0.326 e. The van der Waals surface area contributed by atoms with E-state index >= 15 is 0 Å². The minimum atomic E-state index is -0.970. The standard InChI is InChI=1S/C12H22N2O3/c13-8-4-7-10(12(16)17)14-11(15)9-5-2-1-3-6-9/h9-10H,1-8,13H2,(H,14,15)(H,16,17)/t10-/m1/s1. The molecule has 1 atom stereocenters. The number of nitrogens with one attached hydrogen (secondary N) is 1. The molecule has 0 aromatic heterocycles. The van der Waals surface area contributed by atoms with Crippen molar-refractivity contribution in [2.75, 3.05) is 6.54 Å². The molecule has 0 spiro atoms. The Morgan fingerprint density at radius 2 is 1.94 bits per heavy atom. The highest BCUT2D eigenvalue weighted by Gasteiger charge is 2.25. The molecule has 5 heteroatoms. The van der Waals surface area contributed by atoms with Crippen LogP contribution in [0.4, 0.5) is 0 Å². The molecule has 0 radical (unpaired) electrons. The number of amides is 1. The highest BCUT2D eigenvalue weighted by atomic mass is 16.4. The molecule has 5 nitrogen and oxygen atoms in total. The van der Waals surface area contributed by atoms with Crippen LogP contribution in [0.15, 0.2) is 0 Å². The third kappa shape index (κ3) is 4.73. The Morgan fingerprint density at radius 1 is 1.29 bits per heavy atom. The maximum Gasteiger partial charge on any atom is 0.326 e. The number of nitrogens with two attached hydrogens (primary N) is 1. The summed E-state index contributed by atoms with van der Waals surface area (Å²) in [5, 5.41) is 11.6. The minimum absolute atomic E-state index is 0.00322. The van der Waals surface area contributed by atoms with Gasteiger partial charge in [0.15, 0.2) is 0 Å². The molecule has 1 saturated carbocycles. The summed E-state index contributed by atoms with van der Waals surface area (Å²) in [6.45, 7) is 0.447. The fraction of sp³-hybridized carbons (Fsp3) is 0.833. The van der Waals surface area contributed by atoms with Crippen LogP contribution in [0.5, 0.6) is 0 Å². The molecule has 0 aliphatic heterocycles. The first-order chi connectivity index (χ1) is 8.15. The number of hydrogen-bond donors (Lipinski definition) is 3. The Kier molecular flexibility index (Phi) is 5.97. The lowest BCUT2D eigenvalue weighted by Gasteiger charge is -2.23. The maximum absolute atomic E-state index is 11.9. The van der Waals surface area contributed by atoms with Crippen LogP contribution in [0.2, 0.25) is 0 Å². The zero-order valence-corrected chi connectivity index (χ0v) is 10.2. The quantitative estimate of drug-likeness (QED) is 0.644. The van der Waals surface area contributed by atoms with Crippen LogP contribution in [0.25, 0.3) is 0 Å². The van der Waals surface area contributed by atoms with E-state index in [2.05, 4.69) is 5.32 Å². The van der Waals surface area contributed by atoms with Crippen LogP contribution in [0, 0.1) is 5.92 Å². The number of rotatable bonds is 6. The predicted octanol–water partition coefficient (Wildman–Crippen LogP) is 0.875. The Morgan fingerprint density at radius 3 is 2.47 bits per heavy atom. The Labute approximate surface area is 102 Å². The first kappa shape index (κ1) is 14.0. The summed E-state index contributed by atoms with van der Waals surface area (Å²) < 4.78 is 0. The fourth-order valence-electron chi connectivity index (χ4n) is 2.23. The van der Waals surface area contributed by atoms with Crippen LogP contribution >= 0.6 is 0 Å². The van der Waals surface area contributed by atoms with E-state index in [9.17, 15) is 9.59 Å². The van der Waals surface area contributed by atoms with Crippen LogP contribution in [0.1, 0.15) is 44.9 Å². The van der Waals surface area contributed by atoms with Crippen LogP contribution in [-0.4, -0.2) is 29.6 Å². The topological polar surface area (TPSA) is 92.4 Å². The molecule has 1 aliphatic carbocycles. The number of hydrogen-bond acceptors (Lipinski definition) is 3. The van der Waals surface area contributed by atoms with Gasteiger partial charge >= 0.3 is 5.97 Å². The summed E-state index contributed by atoms with van der Waals surface area (Å²) in [5.41, 5.74) is 5.34. The Hall–Kier alpha value is -1.10. The minimum Gasteiger partial charge on any atom is -0.480 e. The third-order valence-electron chi connectivity index (χ3n) is 3.29. The van der Waals surface area contributed by atoms with Gasteiger partial charge < -0.3 is 16.2 Å². The molecule has 1 amide bonds. The van der Waals surface area contributed by atoms with Gasteiger partial charge in [0, 0.05) is 5.92 Å². The second-order valence-corrected chi connectivity index (χ2v) is 4.67. The zero-order chi connectivity index (χ0) is 12.7. The van der Waals surface area contributed by atoms with Crippen molar-refractivity contribution in [1.29, 1.82) is 0 Å². The summed E-state index contributed by atoms with van der Waals surface area (Å²) in [6, 6.07) is -0.784. The second-order valence-electron chi connectivity index (χ2n) is 4.67. The molecule has 17 heavy (non-hydrogen) atoms. The van der Waals surface area contributed by atoms with Gasteiger partial charge in [-0.3, -0.25) is 4.79 Å². The predicted molar refractivity (Wildman–Crippen MR) is 64.4 cm³/mol. The van der Waals surface area contributed by atoms with Gasteiger partial charge in [0.05, 0.1) is 0 Å². The van der Waals surface area contributed by atoms with Crippen molar-refractivity contribution in [2.24, 2.45) is 11.7 Å². The van der Waals surface area contributed by atoms with Crippen molar-refractivity contribution in [3.05, 3.63) is 0 Å². The van der Waals surface area contributed by atoms with Crippen molar-refractivity contribution >= 4 is 11.9 Å². The van der Waals surface area contributed by atoms with Crippen molar-refractivity contribution in [2.45, 2.75) is 51.0 Å². The van der Waals surface area contributed by atoms with E-state index < -0.39 is 12.0 Å². The molecular formula is C12H22N2O3. The molecule has 0 heterocycles. The summed E-state index contributed by atoms with van der Waals surface area (Å²) in [6.07, 6.45) is 6.10. The molecule has 0 aromatic carbocycles. The number of carboxylic acids is 1. The number of carbonyl (C=O) groups is 2. The van der Waals surface area contributed by atoms with E-state index in [1.807, 2.05) is 0 Å². The van der Waals surface area contributed by atoms with E-state index in [0.717, 1.165) is 25.7 Å². The Balaban J connectivity index is 2.42. The van der Waals surface area contributed by atoms with E-state index in [1.165, 1.54) is 6.42 Å². The van der Waals surface area contributed by atoms with E-state index in [4.69, 9.17) is 10.8 Å². The number of aliphatic carboxylic acids is 1. The molecule has 1 aliphatic rings. The first-order valence-corrected chi connectivity index (χ1v) is 6.38. The molecule has 4 N–H and O–H groups in total. The largest absolute Gasteiger partial charge is 0.480 e. The number of carbonyl (C=O) groups excluding carboxylic acids is 1. The molecule has 1 fully saturated rings. The molecule has 0 bridgehead atoms. The highest BCUT2D eigenvalue weighted by Crippen LogP contribution is 2.23. The van der Waals surface area contributed by atoms with Gasteiger partial charge in [0.25, 0.3) is 0 Å². The lowest BCUT2D eigenvalue weighted by atomic mass is 9.88. The van der Waals surface area contributed by atoms with Crippen molar-refractivity contribution in [1.82, 2.24) is 5.32 Å². The normalized spacial score (nSPS) is 18.6. The summed E-state index contributed by atoms with van der Waals surface area (Å²) in [4.78, 5) is 22.8. The van der Waals surface area contributed by atoms with E-state index in [-0.39, 0.29) is 11.8 Å². The summed E-state index contributed by atoms with van der Waals surface area (Å²) in [5.74, 6) is -1.07. The molecule has 0 aromatic rings. The SMILES string of the molecule is NCCC[C@@H](NC(=O)C1CCCCC1)C(=O)O. The van der Waals surface area contributed by atoms with Gasteiger partial charge in [0.2, 0.25) is 5.91 Å². The van der Waals surface area contributed by atoms with Gasteiger partial charge in [-0.25, -0.2) is 4.79 Å². The summed E-state index contributed by atoms with van der Waals surface area (Å²) in [7, 11) is 0. The van der Waals surface area contributed by atoms with Gasteiger partial charge in [-0.05, 0) is 32.2 Å². The molecule has 1 rings (SSSR count). The third-order valence-corrected chi connectivity index (χ3v) is 3.29. The van der Waals surface area contributed by atoms with Crippen molar-refractivity contribution < 1.29 is 14.7 Å². The molecular weight excluding hydrogens is 220 g/mol. The zero-order valence-electron chi connectivity index (χ0n) is 10.2. The van der Waals surface area contributed by atoms with Crippen molar-refractivity contribution in [3.63, 3.8) is 0 Å². The van der Waals surface area contributed by atoms with Crippen LogP contribution in [-0.2, 0) is 9.59 Å². The van der Waals surface area contributed by atoms with Gasteiger partial charge in [-0.1, -0.05) is 19.3 Å². The van der Waals surface area contributed by atoms with Crippen LogP contribution < -0.4 is 11.1 Å². The lowest BCUT2D eigenvalue weighted by molar-refractivity contribution is -0.142. The lowest BCUT2D eigenvalue weighted by Crippen LogP contribution is -2.44. The number of carboxylic acid groups (broad SMARTS) is 1. The van der Waals surface area contributed by atoms with Gasteiger partial charge in [-0.15, -0.1) is 0 Å². The molecule has 0 saturated heterocycles. The maximum atomic E-state index is 11.9. The monoisotopic (exact) mass is 242 g/mol. The van der Waals surface area contributed by atoms with Gasteiger partial charge in [-0.2, -0.15) is 0 Å².